The first-order valence-electron chi connectivity index (χ1n) is 6.47. The van der Waals surface area contributed by atoms with Crippen molar-refractivity contribution in [3.63, 3.8) is 0 Å². The second kappa shape index (κ2) is 14.4. The van der Waals surface area contributed by atoms with Crippen LogP contribution in [0.2, 0.25) is 0 Å². The first-order chi connectivity index (χ1) is 10.0. The maximum absolute atomic E-state index is 10.7. The van der Waals surface area contributed by atoms with Crippen molar-refractivity contribution in [3.8, 4) is 0 Å². The van der Waals surface area contributed by atoms with Crippen LogP contribution >= 0.6 is 24.8 Å². The van der Waals surface area contributed by atoms with Gasteiger partial charge in [0.25, 0.3) is 20.2 Å². The van der Waals surface area contributed by atoms with Gasteiger partial charge in [0.1, 0.15) is 0 Å². The number of nitrogens with one attached hydrogen (secondary N) is 2. The van der Waals surface area contributed by atoms with Crippen molar-refractivity contribution in [1.29, 1.82) is 0 Å². The molecule has 0 heterocycles. The molecule has 0 fully saturated rings. The maximum Gasteiger partial charge on any atom is 0.264 e. The zero-order valence-electron chi connectivity index (χ0n) is 13.4. The van der Waals surface area contributed by atoms with Gasteiger partial charge < -0.3 is 20.8 Å². The van der Waals surface area contributed by atoms with Gasteiger partial charge in [0, 0.05) is 26.2 Å². The van der Waals surface area contributed by atoms with E-state index < -0.39 is 32.4 Å². The molecule has 0 aromatic heterocycles. The highest BCUT2D eigenvalue weighted by Gasteiger charge is 2.15. The molecule has 2 unspecified atom stereocenters. The Bertz CT molecular complexity index is 457. The van der Waals surface area contributed by atoms with Crippen molar-refractivity contribution in [2.24, 2.45) is 0 Å². The molecule has 0 aliphatic carbocycles. The van der Waals surface area contributed by atoms with E-state index in [0.717, 1.165) is 12.5 Å². The maximum atomic E-state index is 10.7. The van der Waals surface area contributed by atoms with Crippen LogP contribution in [0.3, 0.4) is 0 Å². The molecule has 0 rings (SSSR count). The van der Waals surface area contributed by atoms with Gasteiger partial charge in [-0.2, -0.15) is 16.8 Å². The summed E-state index contributed by atoms with van der Waals surface area (Å²) in [5, 5.41) is 24.7. The molecule has 0 spiro atoms. The molecule has 10 nitrogen and oxygen atoms in total. The summed E-state index contributed by atoms with van der Waals surface area (Å²) in [5.74, 6) is 0. The van der Waals surface area contributed by atoms with E-state index in [2.05, 4.69) is 19.0 Å². The molecule has 2 atom stereocenters. The lowest BCUT2D eigenvalue weighted by Gasteiger charge is -2.18. The lowest BCUT2D eigenvalue weighted by atomic mass is 10.2. The zero-order chi connectivity index (χ0) is 17.2. The Hall–Kier alpha value is 0.240. The Morgan fingerprint density at radius 2 is 1.08 bits per heavy atom. The van der Waals surface area contributed by atoms with E-state index >= 15 is 0 Å². The molecule has 0 saturated carbocycles. The van der Waals surface area contributed by atoms with Crippen molar-refractivity contribution < 1.29 is 35.4 Å². The summed E-state index contributed by atoms with van der Waals surface area (Å²) in [7, 11) is -6.97. The van der Waals surface area contributed by atoms with E-state index in [9.17, 15) is 27.0 Å². The summed E-state index contributed by atoms with van der Waals surface area (Å²) in [6.07, 6.45) is -0.265. The van der Waals surface area contributed by atoms with Crippen molar-refractivity contribution >= 4 is 45.1 Å². The van der Waals surface area contributed by atoms with Crippen LogP contribution in [0, 0.1) is 0 Å². The summed E-state index contributed by atoms with van der Waals surface area (Å²) >= 11 is 0. The highest BCUT2D eigenvalue weighted by atomic mass is 35.5. The van der Waals surface area contributed by atoms with Crippen molar-refractivity contribution in [1.82, 2.24) is 10.6 Å². The number of hydrogen-bond donors (Lipinski definition) is 4. The van der Waals surface area contributed by atoms with Gasteiger partial charge >= 0.3 is 0 Å². The molecule has 0 bridgehead atoms. The van der Waals surface area contributed by atoms with E-state index in [1.807, 2.05) is 0 Å². The van der Waals surface area contributed by atoms with Crippen LogP contribution in [-0.4, -0.2) is 91.2 Å². The van der Waals surface area contributed by atoms with Gasteiger partial charge in [-0.05, 0) is 0 Å². The summed E-state index contributed by atoms with van der Waals surface area (Å²) in [6, 6.07) is 0. The summed E-state index contributed by atoms with van der Waals surface area (Å²) in [4.78, 5) is 0. The third-order valence-electron chi connectivity index (χ3n) is 2.30. The predicted molar refractivity (Wildman–Crippen MR) is 93.8 cm³/mol. The Morgan fingerprint density at radius 3 is 1.33 bits per heavy atom. The van der Waals surface area contributed by atoms with Crippen LogP contribution in [0.15, 0.2) is 0 Å². The minimum atomic E-state index is -3.49. The zero-order valence-corrected chi connectivity index (χ0v) is 16.6. The van der Waals surface area contributed by atoms with Crippen molar-refractivity contribution in [2.75, 3.05) is 51.9 Å². The smallest absolute Gasteiger partial charge is 0.264 e. The first-order valence-corrected chi connectivity index (χ1v) is 10.1. The predicted octanol–water partition coefficient (Wildman–Crippen LogP) is -2.32. The molecule has 0 aliphatic heterocycles. The highest BCUT2D eigenvalue weighted by Crippen LogP contribution is 1.92. The van der Waals surface area contributed by atoms with Gasteiger partial charge in [0.05, 0.1) is 37.9 Å². The Kier molecular flexibility index (Phi) is 17.4. The van der Waals surface area contributed by atoms with Gasteiger partial charge in [-0.3, -0.25) is 8.37 Å². The molecule has 0 aromatic rings. The lowest BCUT2D eigenvalue weighted by Crippen LogP contribution is -2.43. The molecule has 0 saturated heterocycles. The van der Waals surface area contributed by atoms with Crippen molar-refractivity contribution in [3.05, 3.63) is 0 Å². The molecular formula is C10H26Cl2N2O8S2. The summed E-state index contributed by atoms with van der Waals surface area (Å²) in [5.41, 5.74) is 0. The molecule has 150 valence electrons. The van der Waals surface area contributed by atoms with E-state index in [1.165, 1.54) is 0 Å². The normalized spacial score (nSPS) is 14.3. The SMILES string of the molecule is CS(=O)(=O)OCCNCC(O)C(O)CNCCOS(C)(=O)=O.Cl.Cl. The number of hydrogen-bond acceptors (Lipinski definition) is 10. The largest absolute Gasteiger partial charge is 0.389 e. The number of halogens is 2. The standard InChI is InChI=1S/C10H24N2O8S2.2ClH/c1-21(15,16)19-5-3-11-7-9(13)10(14)8-12-4-6-20-22(2,17)18;;/h9-14H,3-8H2,1-2H3;2*1H. The molecule has 24 heavy (non-hydrogen) atoms. The molecule has 0 aromatic carbocycles. The Balaban J connectivity index is -0.00000220. The number of aliphatic hydroxyl groups excluding tert-OH is 2. The fraction of sp³-hybridized carbons (Fsp3) is 1.00. The Labute approximate surface area is 155 Å². The average Bonchev–Trinajstić information content (AvgIpc) is 2.34. The van der Waals surface area contributed by atoms with Crippen LogP contribution in [0.4, 0.5) is 0 Å². The number of rotatable bonds is 13. The number of aliphatic hydroxyl groups is 2. The van der Waals surface area contributed by atoms with E-state index in [1.54, 1.807) is 0 Å². The molecule has 0 radical (unpaired) electrons. The van der Waals surface area contributed by atoms with Crippen LogP contribution in [0.25, 0.3) is 0 Å². The van der Waals surface area contributed by atoms with Gasteiger partial charge in [0.15, 0.2) is 0 Å². The second-order valence-corrected chi connectivity index (χ2v) is 7.88. The quantitative estimate of drug-likeness (QED) is 0.183. The fourth-order valence-corrected chi connectivity index (χ4v) is 2.07. The van der Waals surface area contributed by atoms with Crippen LogP contribution in [0.5, 0.6) is 0 Å². The topological polar surface area (TPSA) is 151 Å². The molecule has 0 aliphatic rings. The van der Waals surface area contributed by atoms with E-state index in [4.69, 9.17) is 0 Å². The van der Waals surface area contributed by atoms with Crippen LogP contribution in [-0.2, 0) is 28.6 Å². The second-order valence-electron chi connectivity index (χ2n) is 4.60. The molecular weight excluding hydrogens is 411 g/mol. The minimum Gasteiger partial charge on any atom is -0.389 e. The van der Waals surface area contributed by atoms with Crippen LogP contribution in [0.1, 0.15) is 0 Å². The third-order valence-corrected chi connectivity index (χ3v) is 3.49. The minimum absolute atomic E-state index is 0. The lowest BCUT2D eigenvalue weighted by molar-refractivity contribution is 0.0203. The first kappa shape index (κ1) is 29.0. The van der Waals surface area contributed by atoms with E-state index in [-0.39, 0.29) is 64.2 Å². The average molecular weight is 437 g/mol. The highest BCUT2D eigenvalue weighted by molar-refractivity contribution is 7.86. The summed E-state index contributed by atoms with van der Waals surface area (Å²) in [6.45, 7) is 0.371. The van der Waals surface area contributed by atoms with Crippen molar-refractivity contribution in [2.45, 2.75) is 12.2 Å². The van der Waals surface area contributed by atoms with Gasteiger partial charge in [-0.15, -0.1) is 24.8 Å². The molecule has 0 amide bonds. The molecule has 14 heteroatoms. The van der Waals surface area contributed by atoms with Crippen LogP contribution < -0.4 is 10.6 Å². The molecule has 4 N–H and O–H groups in total. The third kappa shape index (κ3) is 20.3. The Morgan fingerprint density at radius 1 is 0.792 bits per heavy atom. The van der Waals surface area contributed by atoms with E-state index in [0.29, 0.717) is 0 Å². The van der Waals surface area contributed by atoms with Gasteiger partial charge in [-0.1, -0.05) is 0 Å². The summed E-state index contributed by atoms with van der Waals surface area (Å²) < 4.78 is 51.7. The monoisotopic (exact) mass is 436 g/mol. The van der Waals surface area contributed by atoms with Gasteiger partial charge in [0.2, 0.25) is 0 Å². The fourth-order valence-electron chi connectivity index (χ4n) is 1.30. The van der Waals surface area contributed by atoms with Gasteiger partial charge in [-0.25, -0.2) is 0 Å².